The van der Waals surface area contributed by atoms with E-state index in [-0.39, 0.29) is 35.1 Å². The molecule has 0 aromatic heterocycles. The lowest BCUT2D eigenvalue weighted by molar-refractivity contribution is -0.126. The molecule has 0 spiro atoms. The van der Waals surface area contributed by atoms with Crippen molar-refractivity contribution >= 4 is 18.1 Å². The van der Waals surface area contributed by atoms with Gasteiger partial charge in [0, 0.05) is 18.7 Å². The molecule has 6 nitrogen and oxygen atoms in total. The number of amides is 2. The second kappa shape index (κ2) is 5.44. The van der Waals surface area contributed by atoms with Gasteiger partial charge in [-0.15, -0.1) is 0 Å². The molecule has 22 heavy (non-hydrogen) atoms. The van der Waals surface area contributed by atoms with Crippen LogP contribution in [0.4, 0.5) is 0 Å². The van der Waals surface area contributed by atoms with Gasteiger partial charge < -0.3 is 15.3 Å². The van der Waals surface area contributed by atoms with Crippen LogP contribution >= 0.6 is 0 Å². The van der Waals surface area contributed by atoms with E-state index in [1.54, 1.807) is 11.9 Å². The average Bonchev–Trinajstić information content (AvgIpc) is 3.14. The molecule has 2 fully saturated rings. The number of hydrogen-bond donors (Lipinski definition) is 2. The predicted octanol–water partition coefficient (Wildman–Crippen LogP) is 0.944. The minimum atomic E-state index is -0.440. The van der Waals surface area contributed by atoms with Crippen molar-refractivity contribution in [2.75, 3.05) is 7.05 Å². The summed E-state index contributed by atoms with van der Waals surface area (Å²) in [4.78, 5) is 37.5. The van der Waals surface area contributed by atoms with E-state index < -0.39 is 6.04 Å². The van der Waals surface area contributed by atoms with Crippen molar-refractivity contribution < 1.29 is 19.5 Å². The maximum atomic E-state index is 12.8. The minimum absolute atomic E-state index is 0.0756. The van der Waals surface area contributed by atoms with Gasteiger partial charge >= 0.3 is 0 Å². The fourth-order valence-electron chi connectivity index (χ4n) is 3.70. The van der Waals surface area contributed by atoms with Crippen LogP contribution in [0.3, 0.4) is 0 Å². The van der Waals surface area contributed by atoms with E-state index in [4.69, 9.17) is 0 Å². The molecule has 2 aliphatic rings. The number of likely N-dealkylation sites (N-methyl/N-ethyl adjacent to an activating group) is 1. The zero-order valence-corrected chi connectivity index (χ0v) is 12.3. The highest BCUT2D eigenvalue weighted by atomic mass is 16.3. The van der Waals surface area contributed by atoms with E-state index >= 15 is 0 Å². The van der Waals surface area contributed by atoms with E-state index in [2.05, 4.69) is 5.32 Å². The van der Waals surface area contributed by atoms with Crippen LogP contribution in [0, 0.1) is 5.92 Å². The maximum absolute atomic E-state index is 12.8. The summed E-state index contributed by atoms with van der Waals surface area (Å²) < 4.78 is 0. The second-order valence-corrected chi connectivity index (χ2v) is 5.89. The number of nitrogens with one attached hydrogen (secondary N) is 1. The van der Waals surface area contributed by atoms with E-state index in [0.29, 0.717) is 11.8 Å². The molecule has 3 atom stereocenters. The third-order valence-electron chi connectivity index (χ3n) is 4.74. The molecule has 116 valence electrons. The Balaban J connectivity index is 1.93. The highest BCUT2D eigenvalue weighted by molar-refractivity contribution is 6.00. The van der Waals surface area contributed by atoms with Gasteiger partial charge in [-0.2, -0.15) is 0 Å². The largest absolute Gasteiger partial charge is 0.507 e. The van der Waals surface area contributed by atoms with Gasteiger partial charge in [-0.25, -0.2) is 0 Å². The number of hydrogen-bond acceptors (Lipinski definition) is 4. The number of aromatic hydroxyl groups is 1. The summed E-state index contributed by atoms with van der Waals surface area (Å²) in [6, 6.07) is 3.83. The molecule has 1 aliphatic carbocycles. The molecule has 0 unspecified atom stereocenters. The zero-order chi connectivity index (χ0) is 15.9. The van der Waals surface area contributed by atoms with Gasteiger partial charge in [0.1, 0.15) is 11.8 Å². The Morgan fingerprint density at radius 1 is 1.36 bits per heavy atom. The number of phenols is 1. The van der Waals surface area contributed by atoms with Crippen LogP contribution in [0.2, 0.25) is 0 Å². The molecule has 2 amide bonds. The SMILES string of the molecule is CNC(=O)[C@@H]1[C@H]2CC[C@H](C2)N1C(=O)c1ccc(O)c(C=O)c1. The number of aldehydes is 1. The Labute approximate surface area is 128 Å². The van der Waals surface area contributed by atoms with E-state index in [0.717, 1.165) is 19.3 Å². The lowest BCUT2D eigenvalue weighted by Crippen LogP contribution is -2.52. The summed E-state index contributed by atoms with van der Waals surface area (Å²) in [6.07, 6.45) is 3.23. The van der Waals surface area contributed by atoms with Crippen LogP contribution in [0.15, 0.2) is 18.2 Å². The fraction of sp³-hybridized carbons (Fsp3) is 0.438. The van der Waals surface area contributed by atoms with Gasteiger partial charge in [0.05, 0.1) is 5.56 Å². The Bertz CT molecular complexity index is 643. The zero-order valence-electron chi connectivity index (χ0n) is 12.3. The molecule has 6 heteroatoms. The van der Waals surface area contributed by atoms with Crippen LogP contribution in [0.1, 0.15) is 40.0 Å². The Morgan fingerprint density at radius 2 is 2.14 bits per heavy atom. The first-order chi connectivity index (χ1) is 10.6. The number of nitrogens with zero attached hydrogens (tertiary/aromatic N) is 1. The van der Waals surface area contributed by atoms with Gasteiger partial charge in [0.15, 0.2) is 6.29 Å². The molecular formula is C16H18N2O4. The molecule has 1 saturated carbocycles. The number of carbonyl (C=O) groups is 3. The van der Waals surface area contributed by atoms with Gasteiger partial charge in [0.2, 0.25) is 5.91 Å². The van der Waals surface area contributed by atoms with Crippen molar-refractivity contribution in [3.8, 4) is 5.75 Å². The molecule has 1 aromatic carbocycles. The standard InChI is InChI=1S/C16H18N2O4/c1-17-15(21)14-9-2-4-12(7-9)18(14)16(22)10-3-5-13(20)11(6-10)8-19/h3,5-6,8-9,12,14,20H,2,4,7H2,1H3,(H,17,21)/t9-,12+,14-/m0/s1. The summed E-state index contributed by atoms with van der Waals surface area (Å²) in [5, 5.41) is 12.2. The Kier molecular flexibility index (Phi) is 3.60. The first-order valence-electron chi connectivity index (χ1n) is 7.39. The summed E-state index contributed by atoms with van der Waals surface area (Å²) >= 11 is 0. The Morgan fingerprint density at radius 3 is 2.82 bits per heavy atom. The fourth-order valence-corrected chi connectivity index (χ4v) is 3.70. The molecule has 0 radical (unpaired) electrons. The van der Waals surface area contributed by atoms with Crippen LogP contribution in [-0.2, 0) is 4.79 Å². The van der Waals surface area contributed by atoms with Crippen LogP contribution < -0.4 is 5.32 Å². The van der Waals surface area contributed by atoms with Gasteiger partial charge in [-0.05, 0) is 43.4 Å². The van der Waals surface area contributed by atoms with Gasteiger partial charge in [-0.1, -0.05) is 0 Å². The van der Waals surface area contributed by atoms with Crippen molar-refractivity contribution in [3.05, 3.63) is 29.3 Å². The second-order valence-electron chi connectivity index (χ2n) is 5.89. The van der Waals surface area contributed by atoms with Crippen molar-refractivity contribution in [1.29, 1.82) is 0 Å². The Hall–Kier alpha value is -2.37. The van der Waals surface area contributed by atoms with Crippen LogP contribution in [0.5, 0.6) is 5.75 Å². The minimum Gasteiger partial charge on any atom is -0.507 e. The first kappa shape index (κ1) is 14.6. The molecule has 2 bridgehead atoms. The molecule has 2 N–H and O–H groups in total. The number of likely N-dealkylation sites (tertiary alicyclic amines) is 1. The van der Waals surface area contributed by atoms with Crippen molar-refractivity contribution in [3.63, 3.8) is 0 Å². The number of phenolic OH excluding ortho intramolecular Hbond substituents is 1. The van der Waals surface area contributed by atoms with Gasteiger partial charge in [0.25, 0.3) is 5.91 Å². The third kappa shape index (κ3) is 2.15. The molecule has 1 heterocycles. The number of rotatable bonds is 3. The van der Waals surface area contributed by atoms with Crippen molar-refractivity contribution in [2.24, 2.45) is 5.92 Å². The van der Waals surface area contributed by atoms with Crippen LogP contribution in [-0.4, -0.2) is 47.2 Å². The molecular weight excluding hydrogens is 284 g/mol. The summed E-state index contributed by atoms with van der Waals surface area (Å²) in [7, 11) is 1.57. The number of benzene rings is 1. The highest BCUT2D eigenvalue weighted by Crippen LogP contribution is 2.43. The first-order valence-corrected chi connectivity index (χ1v) is 7.39. The quantitative estimate of drug-likeness (QED) is 0.814. The van der Waals surface area contributed by atoms with Crippen LogP contribution in [0.25, 0.3) is 0 Å². The maximum Gasteiger partial charge on any atom is 0.254 e. The average molecular weight is 302 g/mol. The molecule has 3 rings (SSSR count). The van der Waals surface area contributed by atoms with Crippen molar-refractivity contribution in [1.82, 2.24) is 10.2 Å². The van der Waals surface area contributed by atoms with Crippen molar-refractivity contribution in [2.45, 2.75) is 31.3 Å². The lowest BCUT2D eigenvalue weighted by Gasteiger charge is -2.34. The summed E-state index contributed by atoms with van der Waals surface area (Å²) in [5.74, 6) is -0.354. The van der Waals surface area contributed by atoms with Gasteiger partial charge in [-0.3, -0.25) is 14.4 Å². The highest BCUT2D eigenvalue weighted by Gasteiger charge is 2.51. The smallest absolute Gasteiger partial charge is 0.254 e. The third-order valence-corrected chi connectivity index (χ3v) is 4.74. The van der Waals surface area contributed by atoms with E-state index in [1.807, 2.05) is 0 Å². The summed E-state index contributed by atoms with van der Waals surface area (Å²) in [6.45, 7) is 0. The number of carbonyl (C=O) groups excluding carboxylic acids is 3. The normalized spacial score (nSPS) is 26.0. The number of fused-ring (bicyclic) bond motifs is 2. The van der Waals surface area contributed by atoms with E-state index in [1.165, 1.54) is 18.2 Å². The predicted molar refractivity (Wildman–Crippen MR) is 78.6 cm³/mol. The molecule has 1 aromatic rings. The topological polar surface area (TPSA) is 86.7 Å². The molecule has 1 saturated heterocycles. The monoisotopic (exact) mass is 302 g/mol. The lowest BCUT2D eigenvalue weighted by atomic mass is 9.97. The summed E-state index contributed by atoms with van der Waals surface area (Å²) in [5.41, 5.74) is 0.396. The number of piperidine rings is 1. The molecule has 1 aliphatic heterocycles. The van der Waals surface area contributed by atoms with E-state index in [9.17, 15) is 19.5 Å².